The summed E-state index contributed by atoms with van der Waals surface area (Å²) in [7, 11) is 0. The van der Waals surface area contributed by atoms with Crippen molar-refractivity contribution in [1.82, 2.24) is 0 Å². The summed E-state index contributed by atoms with van der Waals surface area (Å²) < 4.78 is 25.8. The molecule has 0 atom stereocenters. The van der Waals surface area contributed by atoms with E-state index < -0.39 is 23.4 Å². The Balaban J connectivity index is 2.07. The van der Waals surface area contributed by atoms with Gasteiger partial charge in [0.15, 0.2) is 11.6 Å². The van der Waals surface area contributed by atoms with E-state index in [1.54, 1.807) is 13.0 Å². The molecule has 2 rings (SSSR count). The minimum absolute atomic E-state index is 0.0000131. The van der Waals surface area contributed by atoms with Gasteiger partial charge in [-0.3, -0.25) is 9.59 Å². The standard InChI is InChI=1S/C16H14F2N2O2/c1-9-3-4-10(2)14(7-9)20-16(22)15(21)19-11-5-6-12(17)13(18)8-11/h3-8H,1-2H3,(H,19,21)(H,20,22). The van der Waals surface area contributed by atoms with E-state index >= 15 is 0 Å². The molecular formula is C16H14F2N2O2. The monoisotopic (exact) mass is 304 g/mol. The summed E-state index contributed by atoms with van der Waals surface area (Å²) in [6.45, 7) is 3.65. The number of carbonyl (C=O) groups excluding carboxylic acids is 2. The van der Waals surface area contributed by atoms with E-state index in [1.807, 2.05) is 19.1 Å². The molecular weight excluding hydrogens is 290 g/mol. The van der Waals surface area contributed by atoms with Crippen molar-refractivity contribution >= 4 is 23.2 Å². The number of halogens is 2. The Labute approximate surface area is 126 Å². The zero-order chi connectivity index (χ0) is 16.3. The van der Waals surface area contributed by atoms with Gasteiger partial charge in [0.25, 0.3) is 0 Å². The molecule has 2 aromatic rings. The van der Waals surface area contributed by atoms with Gasteiger partial charge in [0.2, 0.25) is 0 Å². The van der Waals surface area contributed by atoms with Gasteiger partial charge in [-0.05, 0) is 43.2 Å². The first-order valence-electron chi connectivity index (χ1n) is 6.51. The molecule has 114 valence electrons. The summed E-state index contributed by atoms with van der Waals surface area (Å²) in [5, 5.41) is 4.68. The molecule has 0 fully saturated rings. The molecule has 0 aliphatic rings. The highest BCUT2D eigenvalue weighted by molar-refractivity contribution is 6.43. The van der Waals surface area contributed by atoms with Crippen LogP contribution >= 0.6 is 0 Å². The fourth-order valence-electron chi connectivity index (χ4n) is 1.81. The molecule has 0 aromatic heterocycles. The van der Waals surface area contributed by atoms with Gasteiger partial charge in [-0.1, -0.05) is 12.1 Å². The maximum Gasteiger partial charge on any atom is 0.314 e. The summed E-state index contributed by atoms with van der Waals surface area (Å²) >= 11 is 0. The second-order valence-corrected chi connectivity index (χ2v) is 4.86. The molecule has 6 heteroatoms. The van der Waals surface area contributed by atoms with Crippen LogP contribution in [0.3, 0.4) is 0 Å². The van der Waals surface area contributed by atoms with Crippen LogP contribution in [0.15, 0.2) is 36.4 Å². The largest absolute Gasteiger partial charge is 0.318 e. The molecule has 2 amide bonds. The number of hydrogen-bond donors (Lipinski definition) is 2. The molecule has 0 aliphatic heterocycles. The van der Waals surface area contributed by atoms with Crippen molar-refractivity contribution in [3.05, 3.63) is 59.2 Å². The first-order valence-corrected chi connectivity index (χ1v) is 6.51. The van der Waals surface area contributed by atoms with Gasteiger partial charge in [0.05, 0.1) is 0 Å². The molecule has 0 bridgehead atoms. The van der Waals surface area contributed by atoms with Gasteiger partial charge in [0, 0.05) is 17.4 Å². The molecule has 0 saturated carbocycles. The molecule has 0 spiro atoms. The third-order valence-electron chi connectivity index (χ3n) is 3.02. The molecule has 0 aliphatic carbocycles. The van der Waals surface area contributed by atoms with Crippen LogP contribution in [0.5, 0.6) is 0 Å². The van der Waals surface area contributed by atoms with Gasteiger partial charge in [-0.25, -0.2) is 8.78 Å². The van der Waals surface area contributed by atoms with Crippen LogP contribution in [0.2, 0.25) is 0 Å². The third-order valence-corrected chi connectivity index (χ3v) is 3.02. The normalized spacial score (nSPS) is 10.2. The number of aryl methyl sites for hydroxylation is 2. The number of rotatable bonds is 2. The van der Waals surface area contributed by atoms with E-state index in [-0.39, 0.29) is 5.69 Å². The first-order chi connectivity index (χ1) is 10.4. The van der Waals surface area contributed by atoms with Crippen molar-refractivity contribution in [3.8, 4) is 0 Å². The van der Waals surface area contributed by atoms with Crippen molar-refractivity contribution in [1.29, 1.82) is 0 Å². The van der Waals surface area contributed by atoms with Crippen molar-refractivity contribution in [2.75, 3.05) is 10.6 Å². The number of benzene rings is 2. The SMILES string of the molecule is Cc1ccc(C)c(NC(=O)C(=O)Nc2ccc(F)c(F)c2)c1. The Bertz CT molecular complexity index is 745. The second-order valence-electron chi connectivity index (χ2n) is 4.86. The van der Waals surface area contributed by atoms with Gasteiger partial charge < -0.3 is 10.6 Å². The lowest BCUT2D eigenvalue weighted by Crippen LogP contribution is -2.29. The Morgan fingerprint density at radius 1 is 0.864 bits per heavy atom. The summed E-state index contributed by atoms with van der Waals surface area (Å²) in [4.78, 5) is 23.6. The Morgan fingerprint density at radius 2 is 1.55 bits per heavy atom. The number of amides is 2. The number of anilines is 2. The van der Waals surface area contributed by atoms with E-state index in [0.717, 1.165) is 23.3 Å². The minimum Gasteiger partial charge on any atom is -0.318 e. The average Bonchev–Trinajstić information content (AvgIpc) is 2.46. The average molecular weight is 304 g/mol. The minimum atomic E-state index is -1.10. The maximum absolute atomic E-state index is 13.0. The van der Waals surface area contributed by atoms with Gasteiger partial charge in [0.1, 0.15) is 0 Å². The van der Waals surface area contributed by atoms with Crippen molar-refractivity contribution in [2.24, 2.45) is 0 Å². The van der Waals surface area contributed by atoms with Crippen LogP contribution in [-0.2, 0) is 9.59 Å². The van der Waals surface area contributed by atoms with Crippen LogP contribution < -0.4 is 10.6 Å². The van der Waals surface area contributed by atoms with E-state index in [9.17, 15) is 18.4 Å². The summed E-state index contributed by atoms with van der Waals surface area (Å²) in [6, 6.07) is 8.27. The first kappa shape index (κ1) is 15.6. The van der Waals surface area contributed by atoms with Crippen LogP contribution in [0.1, 0.15) is 11.1 Å². The van der Waals surface area contributed by atoms with E-state index in [1.165, 1.54) is 6.07 Å². The summed E-state index contributed by atoms with van der Waals surface area (Å²) in [5.41, 5.74) is 2.26. The topological polar surface area (TPSA) is 58.2 Å². The van der Waals surface area contributed by atoms with Crippen LogP contribution in [0.4, 0.5) is 20.2 Å². The molecule has 0 heterocycles. The Hall–Kier alpha value is -2.76. The Morgan fingerprint density at radius 3 is 2.23 bits per heavy atom. The molecule has 2 N–H and O–H groups in total. The number of carbonyl (C=O) groups is 2. The lowest BCUT2D eigenvalue weighted by molar-refractivity contribution is -0.133. The molecule has 2 aromatic carbocycles. The van der Waals surface area contributed by atoms with Crippen molar-refractivity contribution in [3.63, 3.8) is 0 Å². The predicted molar refractivity (Wildman–Crippen MR) is 79.5 cm³/mol. The van der Waals surface area contributed by atoms with Crippen LogP contribution in [0, 0.1) is 25.5 Å². The van der Waals surface area contributed by atoms with E-state index in [2.05, 4.69) is 10.6 Å². The Kier molecular flexibility index (Phi) is 4.50. The van der Waals surface area contributed by atoms with Crippen LogP contribution in [-0.4, -0.2) is 11.8 Å². The number of nitrogens with one attached hydrogen (secondary N) is 2. The van der Waals surface area contributed by atoms with E-state index in [4.69, 9.17) is 0 Å². The highest BCUT2D eigenvalue weighted by atomic mass is 19.2. The summed E-state index contributed by atoms with van der Waals surface area (Å²) in [5.74, 6) is -3.99. The zero-order valence-electron chi connectivity index (χ0n) is 12.0. The maximum atomic E-state index is 13.0. The molecule has 0 radical (unpaired) electrons. The third kappa shape index (κ3) is 3.66. The highest BCUT2D eigenvalue weighted by Gasteiger charge is 2.15. The molecule has 4 nitrogen and oxygen atoms in total. The number of hydrogen-bond acceptors (Lipinski definition) is 2. The van der Waals surface area contributed by atoms with Gasteiger partial charge in [-0.2, -0.15) is 0 Å². The fourth-order valence-corrected chi connectivity index (χ4v) is 1.81. The smallest absolute Gasteiger partial charge is 0.314 e. The van der Waals surface area contributed by atoms with Gasteiger partial charge in [-0.15, -0.1) is 0 Å². The second kappa shape index (κ2) is 6.34. The molecule has 0 unspecified atom stereocenters. The molecule has 22 heavy (non-hydrogen) atoms. The van der Waals surface area contributed by atoms with Gasteiger partial charge >= 0.3 is 11.8 Å². The highest BCUT2D eigenvalue weighted by Crippen LogP contribution is 2.17. The van der Waals surface area contributed by atoms with Crippen molar-refractivity contribution < 1.29 is 18.4 Å². The summed E-state index contributed by atoms with van der Waals surface area (Å²) in [6.07, 6.45) is 0. The zero-order valence-corrected chi connectivity index (χ0v) is 12.0. The lowest BCUT2D eigenvalue weighted by Gasteiger charge is -2.09. The molecule has 0 saturated heterocycles. The quantitative estimate of drug-likeness (QED) is 0.837. The van der Waals surface area contributed by atoms with Crippen molar-refractivity contribution in [2.45, 2.75) is 13.8 Å². The fraction of sp³-hybridized carbons (Fsp3) is 0.125. The van der Waals surface area contributed by atoms with Crippen LogP contribution in [0.25, 0.3) is 0 Å². The van der Waals surface area contributed by atoms with E-state index in [0.29, 0.717) is 5.69 Å². The lowest BCUT2D eigenvalue weighted by atomic mass is 10.1. The predicted octanol–water partition coefficient (Wildman–Crippen LogP) is 3.16.